The van der Waals surface area contributed by atoms with Gasteiger partial charge in [0.1, 0.15) is 0 Å². The first-order valence-electron chi connectivity index (χ1n) is 10.8. The van der Waals surface area contributed by atoms with E-state index in [0.717, 1.165) is 32.7 Å². The molecule has 5 heteroatoms. The molecular formula is C25H34I2N2O. The number of hydrogen-bond acceptors (Lipinski definition) is 3. The van der Waals surface area contributed by atoms with Gasteiger partial charge in [0.05, 0.1) is 6.61 Å². The molecule has 30 heavy (non-hydrogen) atoms. The zero-order valence-corrected chi connectivity index (χ0v) is 22.4. The largest absolute Gasteiger partial charge is 0.395 e. The van der Waals surface area contributed by atoms with Crippen LogP contribution in [0.15, 0.2) is 48.5 Å². The van der Waals surface area contributed by atoms with Gasteiger partial charge in [-0.15, -0.1) is 0 Å². The molecule has 2 aromatic rings. The third-order valence-corrected chi connectivity index (χ3v) is 6.80. The van der Waals surface area contributed by atoms with Crippen LogP contribution in [0.5, 0.6) is 0 Å². The highest BCUT2D eigenvalue weighted by molar-refractivity contribution is 14.1. The molecule has 0 aromatic heterocycles. The predicted molar refractivity (Wildman–Crippen MR) is 145 cm³/mol. The number of hydrogen-bond donors (Lipinski definition) is 1. The fraction of sp³-hybridized carbons (Fsp3) is 0.520. The minimum Gasteiger partial charge on any atom is -0.395 e. The van der Waals surface area contributed by atoms with Gasteiger partial charge in [-0.1, -0.05) is 93.7 Å². The molecule has 4 aliphatic rings. The number of piperazine rings is 1. The summed E-state index contributed by atoms with van der Waals surface area (Å²) >= 11 is 4.30. The second kappa shape index (κ2) is 12.1. The van der Waals surface area contributed by atoms with Gasteiger partial charge in [0, 0.05) is 51.1 Å². The van der Waals surface area contributed by atoms with E-state index in [4.69, 9.17) is 5.11 Å². The van der Waals surface area contributed by atoms with E-state index < -0.39 is 0 Å². The van der Waals surface area contributed by atoms with Crippen molar-refractivity contribution in [1.29, 1.82) is 0 Å². The van der Waals surface area contributed by atoms with Crippen LogP contribution in [0.4, 0.5) is 0 Å². The first-order valence-corrected chi connectivity index (χ1v) is 15.2. The Balaban J connectivity index is 0.000000606. The summed E-state index contributed by atoms with van der Waals surface area (Å²) in [5.74, 6) is 1.85. The number of benzene rings is 2. The van der Waals surface area contributed by atoms with Gasteiger partial charge in [0.25, 0.3) is 0 Å². The number of nitrogens with zero attached hydrogens (tertiary/aromatic N) is 2. The van der Waals surface area contributed by atoms with Crippen molar-refractivity contribution in [3.05, 3.63) is 70.8 Å². The molecule has 1 atom stereocenters. The van der Waals surface area contributed by atoms with Gasteiger partial charge in [0.2, 0.25) is 0 Å². The van der Waals surface area contributed by atoms with Crippen LogP contribution in [-0.4, -0.2) is 70.6 Å². The molecule has 1 saturated heterocycles. The SMILES string of the molecule is CI.CI.OCCN1CCN(CC2CC3c4ccccc4C2c2ccccc23)CC1. The zero-order valence-electron chi connectivity index (χ0n) is 18.1. The van der Waals surface area contributed by atoms with E-state index in [9.17, 15) is 0 Å². The van der Waals surface area contributed by atoms with Crippen LogP contribution < -0.4 is 0 Å². The Morgan fingerprint density at radius 1 is 0.767 bits per heavy atom. The van der Waals surface area contributed by atoms with Crippen LogP contribution in [0.1, 0.15) is 40.5 Å². The smallest absolute Gasteiger partial charge is 0.0558 e. The van der Waals surface area contributed by atoms with Crippen LogP contribution >= 0.6 is 45.2 Å². The van der Waals surface area contributed by atoms with Crippen molar-refractivity contribution in [2.75, 3.05) is 55.7 Å². The number of alkyl halides is 2. The van der Waals surface area contributed by atoms with E-state index >= 15 is 0 Å². The van der Waals surface area contributed by atoms with Crippen LogP contribution in [0.3, 0.4) is 0 Å². The second-order valence-corrected chi connectivity index (χ2v) is 8.15. The maximum atomic E-state index is 9.15. The van der Waals surface area contributed by atoms with Gasteiger partial charge in [0.15, 0.2) is 0 Å². The Kier molecular flexibility index (Phi) is 9.88. The monoisotopic (exact) mass is 632 g/mol. The van der Waals surface area contributed by atoms with Crippen LogP contribution in [0.2, 0.25) is 0 Å². The van der Waals surface area contributed by atoms with Crippen LogP contribution in [-0.2, 0) is 0 Å². The van der Waals surface area contributed by atoms with Gasteiger partial charge in [-0.3, -0.25) is 4.90 Å². The van der Waals surface area contributed by atoms with Gasteiger partial charge >= 0.3 is 0 Å². The summed E-state index contributed by atoms with van der Waals surface area (Å²) in [4.78, 5) is 8.98. The van der Waals surface area contributed by atoms with Gasteiger partial charge in [-0.05, 0) is 44.5 Å². The van der Waals surface area contributed by atoms with Crippen molar-refractivity contribution in [3.63, 3.8) is 0 Å². The van der Waals surface area contributed by atoms with Crippen molar-refractivity contribution < 1.29 is 5.11 Å². The highest BCUT2D eigenvalue weighted by Gasteiger charge is 2.43. The van der Waals surface area contributed by atoms with Gasteiger partial charge in [-0.2, -0.15) is 0 Å². The third-order valence-electron chi connectivity index (χ3n) is 6.80. The Morgan fingerprint density at radius 3 is 1.73 bits per heavy atom. The number of rotatable bonds is 4. The summed E-state index contributed by atoms with van der Waals surface area (Å²) in [5, 5.41) is 9.15. The quantitative estimate of drug-likeness (QED) is 0.380. The molecule has 3 aliphatic carbocycles. The second-order valence-electron chi connectivity index (χ2n) is 8.15. The highest BCUT2D eigenvalue weighted by atomic mass is 127. The molecule has 2 aromatic carbocycles. The summed E-state index contributed by atoms with van der Waals surface area (Å²) in [7, 11) is 0. The molecule has 0 spiro atoms. The Morgan fingerprint density at radius 2 is 1.23 bits per heavy atom. The van der Waals surface area contributed by atoms with Gasteiger partial charge < -0.3 is 10.0 Å². The first-order chi connectivity index (χ1) is 14.8. The fourth-order valence-electron chi connectivity index (χ4n) is 5.61. The van der Waals surface area contributed by atoms with Crippen molar-refractivity contribution >= 4 is 45.2 Å². The highest BCUT2D eigenvalue weighted by Crippen LogP contribution is 2.55. The number of halogens is 2. The minimum atomic E-state index is 0.278. The molecule has 0 saturated carbocycles. The fourth-order valence-corrected chi connectivity index (χ4v) is 5.61. The zero-order chi connectivity index (χ0) is 21.5. The van der Waals surface area contributed by atoms with Crippen molar-refractivity contribution in [2.45, 2.75) is 18.3 Å². The summed E-state index contributed by atoms with van der Waals surface area (Å²) < 4.78 is 0. The van der Waals surface area contributed by atoms with Crippen molar-refractivity contribution in [3.8, 4) is 0 Å². The van der Waals surface area contributed by atoms with Gasteiger partial charge in [-0.25, -0.2) is 0 Å². The molecule has 3 nitrogen and oxygen atoms in total. The van der Waals surface area contributed by atoms with E-state index in [1.54, 1.807) is 22.3 Å². The maximum Gasteiger partial charge on any atom is 0.0558 e. The molecule has 0 radical (unpaired) electrons. The Bertz CT molecular complexity index is 745. The lowest BCUT2D eigenvalue weighted by Crippen LogP contribution is -2.49. The molecule has 2 bridgehead atoms. The maximum absolute atomic E-state index is 9.15. The number of β-amino-alcohol motifs (C(OH)–C–C–N with tert-alkyl or cyclic N) is 1. The van der Waals surface area contributed by atoms with E-state index in [1.165, 1.54) is 13.0 Å². The Hall–Kier alpha value is -0.220. The first kappa shape index (κ1) is 24.4. The third kappa shape index (κ3) is 5.05. The molecule has 6 rings (SSSR count). The molecule has 1 heterocycles. The normalized spacial score (nSPS) is 24.6. The summed E-state index contributed by atoms with van der Waals surface area (Å²) in [5.41, 5.74) is 6.29. The van der Waals surface area contributed by atoms with E-state index in [-0.39, 0.29) is 6.61 Å². The topological polar surface area (TPSA) is 26.7 Å². The van der Waals surface area contributed by atoms with E-state index in [2.05, 4.69) is 104 Å². The lowest BCUT2D eigenvalue weighted by molar-refractivity contribution is 0.0946. The van der Waals surface area contributed by atoms with Crippen molar-refractivity contribution in [1.82, 2.24) is 9.80 Å². The predicted octanol–water partition coefficient (Wildman–Crippen LogP) is 5.00. The van der Waals surface area contributed by atoms with Crippen LogP contribution in [0.25, 0.3) is 0 Å². The average molecular weight is 632 g/mol. The average Bonchev–Trinajstić information content (AvgIpc) is 2.83. The molecule has 1 N–H and O–H groups in total. The molecule has 1 aliphatic heterocycles. The molecule has 0 amide bonds. The molecular weight excluding hydrogens is 598 g/mol. The van der Waals surface area contributed by atoms with Crippen molar-refractivity contribution in [2.24, 2.45) is 5.92 Å². The van der Waals surface area contributed by atoms with Crippen LogP contribution in [0, 0.1) is 5.92 Å². The van der Waals surface area contributed by atoms with E-state index in [1.807, 2.05) is 9.86 Å². The number of aliphatic hydroxyl groups excluding tert-OH is 1. The summed E-state index contributed by atoms with van der Waals surface area (Å²) in [6.07, 6.45) is 1.29. The number of fused-ring (bicyclic) bond motifs is 1. The Labute approximate surface area is 209 Å². The van der Waals surface area contributed by atoms with E-state index in [0.29, 0.717) is 17.8 Å². The summed E-state index contributed by atoms with van der Waals surface area (Å²) in [6, 6.07) is 18.3. The summed E-state index contributed by atoms with van der Waals surface area (Å²) in [6.45, 7) is 6.76. The standard InChI is InChI=1S/C23H28N2O.2CH3I/c26-14-13-24-9-11-25(12-10-24)16-17-15-22-18-5-1-3-7-20(18)23(17)21-8-4-2-6-19(21)22;2*1-2/h1-8,17,22-23,26H,9-16H2;2*1H3. The lowest BCUT2D eigenvalue weighted by atomic mass is 9.59. The minimum absolute atomic E-state index is 0.278. The lowest BCUT2D eigenvalue weighted by Gasteiger charge is -2.47. The number of aliphatic hydroxyl groups is 1. The molecule has 1 fully saturated rings. The molecule has 164 valence electrons. The molecule has 1 unspecified atom stereocenters.